The highest BCUT2D eigenvalue weighted by Crippen LogP contribution is 2.29. The molecule has 2 N–H and O–H groups in total. The van der Waals surface area contributed by atoms with Crippen LogP contribution in [-0.4, -0.2) is 18.9 Å². The molecule has 0 saturated heterocycles. The van der Waals surface area contributed by atoms with Gasteiger partial charge in [-0.25, -0.2) is 5.48 Å². The largest absolute Gasteiger partial charge is 0.456 e. The molecule has 0 atom stereocenters. The lowest BCUT2D eigenvalue weighted by Gasteiger charge is -2.10. The second-order valence-corrected chi connectivity index (χ2v) is 6.97. The Morgan fingerprint density at radius 1 is 0.900 bits per heavy atom. The van der Waals surface area contributed by atoms with Gasteiger partial charge in [0.1, 0.15) is 17.2 Å². The van der Waals surface area contributed by atoms with Crippen molar-refractivity contribution in [2.45, 2.75) is 0 Å². The van der Waals surface area contributed by atoms with Crippen LogP contribution in [0, 0.1) is 0 Å². The second kappa shape index (κ2) is 10.4. The monoisotopic (exact) mass is 466 g/mol. The number of hydroxylamine groups is 1. The van der Waals surface area contributed by atoms with Crippen LogP contribution < -0.4 is 15.5 Å². The molecule has 3 rings (SSSR count). The number of amides is 2. The first-order valence-electron chi connectivity index (χ1n) is 9.00. The number of para-hydroxylation sites is 1. The molecule has 0 aromatic heterocycles. The number of halogens is 1. The Morgan fingerprint density at radius 2 is 1.57 bits per heavy atom. The number of ether oxygens (including phenoxy) is 1. The topological polar surface area (TPSA) is 76.7 Å². The molecule has 6 nitrogen and oxygen atoms in total. The van der Waals surface area contributed by atoms with Crippen molar-refractivity contribution in [3.8, 4) is 11.5 Å². The van der Waals surface area contributed by atoms with Gasteiger partial charge in [0.05, 0.1) is 11.6 Å². The van der Waals surface area contributed by atoms with Gasteiger partial charge in [-0.2, -0.15) is 0 Å². The predicted octanol–water partition coefficient (Wildman–Crippen LogP) is 4.69. The molecule has 0 aliphatic rings. The highest BCUT2D eigenvalue weighted by molar-refractivity contribution is 9.10. The first-order valence-corrected chi connectivity index (χ1v) is 9.80. The van der Waals surface area contributed by atoms with Crippen molar-refractivity contribution in [1.82, 2.24) is 10.8 Å². The van der Waals surface area contributed by atoms with E-state index < -0.39 is 11.8 Å². The van der Waals surface area contributed by atoms with Crippen molar-refractivity contribution >= 4 is 33.8 Å². The van der Waals surface area contributed by atoms with E-state index in [2.05, 4.69) is 26.7 Å². The second-order valence-electron chi connectivity index (χ2n) is 6.11. The fourth-order valence-corrected chi connectivity index (χ4v) is 2.91. The number of benzene rings is 3. The molecule has 0 fully saturated rings. The summed E-state index contributed by atoms with van der Waals surface area (Å²) in [5.74, 6) is 0.351. The standard InChI is InChI=1S/C23H19BrN2O4/c1-29-26-23(28)20(25-22(27)17-7-3-2-4-8-17)15-16-11-13-18(14-12-16)30-21-10-6-5-9-19(21)24/h2-15H,1H3,(H,25,27)(H,26,28)/b20-15+. The van der Waals surface area contributed by atoms with Gasteiger partial charge < -0.3 is 10.1 Å². The number of rotatable bonds is 7. The minimum absolute atomic E-state index is 0.0465. The number of carbonyl (C=O) groups is 2. The van der Waals surface area contributed by atoms with Crippen LogP contribution in [0.1, 0.15) is 15.9 Å². The van der Waals surface area contributed by atoms with Crippen molar-refractivity contribution in [2.75, 3.05) is 7.11 Å². The van der Waals surface area contributed by atoms with Gasteiger partial charge in [-0.1, -0.05) is 42.5 Å². The van der Waals surface area contributed by atoms with Crippen molar-refractivity contribution in [1.29, 1.82) is 0 Å². The van der Waals surface area contributed by atoms with E-state index in [1.807, 2.05) is 30.3 Å². The summed E-state index contributed by atoms with van der Waals surface area (Å²) in [6.45, 7) is 0. The van der Waals surface area contributed by atoms with Gasteiger partial charge in [-0.15, -0.1) is 0 Å². The van der Waals surface area contributed by atoms with Gasteiger partial charge in [0, 0.05) is 5.56 Å². The Balaban J connectivity index is 1.79. The van der Waals surface area contributed by atoms with Crippen LogP contribution in [0.4, 0.5) is 0 Å². The lowest BCUT2D eigenvalue weighted by atomic mass is 10.1. The molecule has 7 heteroatoms. The van der Waals surface area contributed by atoms with Gasteiger partial charge >= 0.3 is 0 Å². The average Bonchev–Trinajstić information content (AvgIpc) is 2.77. The zero-order chi connectivity index (χ0) is 21.3. The molecule has 0 unspecified atom stereocenters. The lowest BCUT2D eigenvalue weighted by molar-refractivity contribution is -0.127. The molecule has 0 aliphatic carbocycles. The molecule has 3 aromatic carbocycles. The maximum Gasteiger partial charge on any atom is 0.291 e. The molecule has 0 radical (unpaired) electrons. The van der Waals surface area contributed by atoms with Gasteiger partial charge in [0.2, 0.25) is 0 Å². The Hall–Kier alpha value is -3.42. The third kappa shape index (κ3) is 5.79. The van der Waals surface area contributed by atoms with E-state index in [0.717, 1.165) is 4.47 Å². The van der Waals surface area contributed by atoms with Crippen LogP contribution in [0.15, 0.2) is 89.0 Å². The smallest absolute Gasteiger partial charge is 0.291 e. The van der Waals surface area contributed by atoms with Gasteiger partial charge in [-0.3, -0.25) is 14.4 Å². The third-order valence-corrected chi connectivity index (χ3v) is 4.63. The van der Waals surface area contributed by atoms with E-state index in [-0.39, 0.29) is 5.70 Å². The fraction of sp³-hybridized carbons (Fsp3) is 0.0435. The first kappa shape index (κ1) is 21.3. The Labute approximate surface area is 182 Å². The van der Waals surface area contributed by atoms with E-state index in [1.165, 1.54) is 7.11 Å². The molecule has 2 amide bonds. The quantitative estimate of drug-likeness (QED) is 0.391. The number of hydrogen-bond acceptors (Lipinski definition) is 4. The molecule has 3 aromatic rings. The zero-order valence-electron chi connectivity index (χ0n) is 16.1. The number of carbonyl (C=O) groups excluding carboxylic acids is 2. The van der Waals surface area contributed by atoms with Crippen LogP contribution in [0.3, 0.4) is 0 Å². The van der Waals surface area contributed by atoms with E-state index in [0.29, 0.717) is 22.6 Å². The molecule has 0 saturated carbocycles. The van der Waals surface area contributed by atoms with Crippen LogP contribution >= 0.6 is 15.9 Å². The SMILES string of the molecule is CONC(=O)/C(=C\c1ccc(Oc2ccccc2Br)cc1)NC(=O)c1ccccc1. The van der Waals surface area contributed by atoms with Gasteiger partial charge in [0.15, 0.2) is 0 Å². The Kier molecular flexibility index (Phi) is 7.37. The van der Waals surface area contributed by atoms with E-state index in [9.17, 15) is 9.59 Å². The molecule has 30 heavy (non-hydrogen) atoms. The maximum absolute atomic E-state index is 12.4. The molecule has 0 bridgehead atoms. The van der Waals surface area contributed by atoms with Crippen molar-refractivity contribution in [3.63, 3.8) is 0 Å². The summed E-state index contributed by atoms with van der Waals surface area (Å²) in [6, 6.07) is 23.3. The number of nitrogens with one attached hydrogen (secondary N) is 2. The average molecular weight is 467 g/mol. The number of hydrogen-bond donors (Lipinski definition) is 2. The summed E-state index contributed by atoms with van der Waals surface area (Å²) >= 11 is 3.44. The zero-order valence-corrected chi connectivity index (χ0v) is 17.7. The molecular formula is C23H19BrN2O4. The van der Waals surface area contributed by atoms with E-state index in [4.69, 9.17) is 9.57 Å². The minimum atomic E-state index is -0.574. The van der Waals surface area contributed by atoms with Crippen LogP contribution in [-0.2, 0) is 9.63 Å². The van der Waals surface area contributed by atoms with Gasteiger partial charge in [0.25, 0.3) is 11.8 Å². The van der Waals surface area contributed by atoms with Crippen molar-refractivity contribution in [3.05, 3.63) is 100 Å². The minimum Gasteiger partial charge on any atom is -0.456 e. The first-order chi connectivity index (χ1) is 14.6. The Bertz CT molecular complexity index is 1050. The summed E-state index contributed by atoms with van der Waals surface area (Å²) < 4.78 is 6.68. The third-order valence-electron chi connectivity index (χ3n) is 3.98. The maximum atomic E-state index is 12.4. The van der Waals surface area contributed by atoms with Crippen molar-refractivity contribution in [2.24, 2.45) is 0 Å². The summed E-state index contributed by atoms with van der Waals surface area (Å²) in [7, 11) is 1.32. The summed E-state index contributed by atoms with van der Waals surface area (Å²) in [4.78, 5) is 29.4. The van der Waals surface area contributed by atoms with Gasteiger partial charge in [-0.05, 0) is 64.0 Å². The normalized spacial score (nSPS) is 10.9. The molecule has 0 aliphatic heterocycles. The van der Waals surface area contributed by atoms with E-state index >= 15 is 0 Å². The van der Waals surface area contributed by atoms with Crippen LogP contribution in [0.2, 0.25) is 0 Å². The highest BCUT2D eigenvalue weighted by atomic mass is 79.9. The lowest BCUT2D eigenvalue weighted by Crippen LogP contribution is -2.34. The summed E-state index contributed by atoms with van der Waals surface area (Å²) in [5.41, 5.74) is 3.40. The predicted molar refractivity (Wildman–Crippen MR) is 118 cm³/mol. The summed E-state index contributed by atoms with van der Waals surface area (Å²) in [5, 5.41) is 2.62. The molecule has 0 spiro atoms. The molecular weight excluding hydrogens is 448 g/mol. The van der Waals surface area contributed by atoms with E-state index in [1.54, 1.807) is 54.6 Å². The Morgan fingerprint density at radius 3 is 2.23 bits per heavy atom. The summed E-state index contributed by atoms with van der Waals surface area (Å²) in [6.07, 6.45) is 1.55. The molecule has 0 heterocycles. The van der Waals surface area contributed by atoms with Crippen LogP contribution in [0.25, 0.3) is 6.08 Å². The highest BCUT2D eigenvalue weighted by Gasteiger charge is 2.14. The molecule has 152 valence electrons. The van der Waals surface area contributed by atoms with Crippen molar-refractivity contribution < 1.29 is 19.2 Å². The van der Waals surface area contributed by atoms with Crippen LogP contribution in [0.5, 0.6) is 11.5 Å². The fourth-order valence-electron chi connectivity index (χ4n) is 2.54.